The SMILES string of the molecule is CCCn1c(SC(C)C(=O)Nc2ccc(C(C)=O)cc2)nnc1-c1cccc(C)c1. The van der Waals surface area contributed by atoms with Crippen molar-refractivity contribution >= 4 is 29.1 Å². The third kappa shape index (κ3) is 5.16. The second kappa shape index (κ2) is 9.71. The fraction of sp³-hybridized carbons (Fsp3) is 0.304. The molecule has 0 radical (unpaired) electrons. The maximum Gasteiger partial charge on any atom is 0.237 e. The van der Waals surface area contributed by atoms with E-state index in [4.69, 9.17) is 0 Å². The van der Waals surface area contributed by atoms with Gasteiger partial charge in [0, 0.05) is 23.4 Å². The summed E-state index contributed by atoms with van der Waals surface area (Å²) in [6.07, 6.45) is 0.938. The van der Waals surface area contributed by atoms with Crippen LogP contribution in [0.25, 0.3) is 11.4 Å². The minimum Gasteiger partial charge on any atom is -0.325 e. The van der Waals surface area contributed by atoms with Gasteiger partial charge in [0.05, 0.1) is 5.25 Å². The summed E-state index contributed by atoms with van der Waals surface area (Å²) in [5.41, 5.74) is 3.46. The second-order valence-electron chi connectivity index (χ2n) is 7.21. The van der Waals surface area contributed by atoms with Crippen molar-refractivity contribution in [2.24, 2.45) is 0 Å². The molecule has 0 bridgehead atoms. The Bertz CT molecular complexity index is 1040. The summed E-state index contributed by atoms with van der Waals surface area (Å²) in [6, 6.07) is 15.1. The largest absolute Gasteiger partial charge is 0.325 e. The number of benzene rings is 2. The van der Waals surface area contributed by atoms with Crippen LogP contribution in [-0.4, -0.2) is 31.7 Å². The Labute approximate surface area is 181 Å². The van der Waals surface area contributed by atoms with E-state index in [0.29, 0.717) is 11.3 Å². The van der Waals surface area contributed by atoms with Gasteiger partial charge >= 0.3 is 0 Å². The molecule has 7 heteroatoms. The van der Waals surface area contributed by atoms with Crippen LogP contribution < -0.4 is 5.32 Å². The van der Waals surface area contributed by atoms with Gasteiger partial charge < -0.3 is 9.88 Å². The first-order valence-electron chi connectivity index (χ1n) is 9.97. The first-order chi connectivity index (χ1) is 14.4. The summed E-state index contributed by atoms with van der Waals surface area (Å²) in [7, 11) is 0. The minimum atomic E-state index is -0.359. The van der Waals surface area contributed by atoms with Crippen LogP contribution in [-0.2, 0) is 11.3 Å². The lowest BCUT2D eigenvalue weighted by Gasteiger charge is -2.13. The number of thioether (sulfide) groups is 1. The number of carbonyl (C=O) groups is 2. The van der Waals surface area contributed by atoms with Crippen molar-refractivity contribution in [2.45, 2.75) is 51.1 Å². The van der Waals surface area contributed by atoms with Crippen LogP contribution in [0.15, 0.2) is 53.7 Å². The lowest BCUT2D eigenvalue weighted by atomic mass is 10.1. The summed E-state index contributed by atoms with van der Waals surface area (Å²) < 4.78 is 2.07. The van der Waals surface area contributed by atoms with Crippen LogP contribution in [0.3, 0.4) is 0 Å². The number of nitrogens with zero attached hydrogens (tertiary/aromatic N) is 3. The van der Waals surface area contributed by atoms with E-state index in [0.717, 1.165) is 35.1 Å². The van der Waals surface area contributed by atoms with Gasteiger partial charge in [0.25, 0.3) is 0 Å². The Morgan fingerprint density at radius 3 is 2.50 bits per heavy atom. The number of anilines is 1. The first-order valence-corrected chi connectivity index (χ1v) is 10.9. The number of carbonyl (C=O) groups excluding carboxylic acids is 2. The zero-order valence-corrected chi connectivity index (χ0v) is 18.5. The molecule has 1 aromatic heterocycles. The van der Waals surface area contributed by atoms with Gasteiger partial charge in [0.2, 0.25) is 5.91 Å². The number of rotatable bonds is 8. The standard InChI is InChI=1S/C23H26N4O2S/c1-5-13-27-21(19-8-6-7-15(2)14-19)25-26-23(27)30-17(4)22(29)24-20-11-9-18(10-12-20)16(3)28/h6-12,14,17H,5,13H2,1-4H3,(H,24,29). The van der Waals surface area contributed by atoms with Crippen molar-refractivity contribution < 1.29 is 9.59 Å². The number of Topliss-reactive ketones (excluding diaryl/α,β-unsaturated/α-hetero) is 1. The molecule has 1 amide bonds. The van der Waals surface area contributed by atoms with Crippen LogP contribution in [0.1, 0.15) is 43.1 Å². The predicted molar refractivity (Wildman–Crippen MR) is 121 cm³/mol. The highest BCUT2D eigenvalue weighted by molar-refractivity contribution is 8.00. The van der Waals surface area contributed by atoms with E-state index in [-0.39, 0.29) is 16.9 Å². The molecule has 0 spiro atoms. The van der Waals surface area contributed by atoms with Gasteiger partial charge in [-0.25, -0.2) is 0 Å². The van der Waals surface area contributed by atoms with Gasteiger partial charge in [0.1, 0.15) is 0 Å². The monoisotopic (exact) mass is 422 g/mol. The van der Waals surface area contributed by atoms with Crippen molar-refractivity contribution in [1.29, 1.82) is 0 Å². The van der Waals surface area contributed by atoms with E-state index in [2.05, 4.69) is 46.1 Å². The van der Waals surface area contributed by atoms with Gasteiger partial charge in [-0.3, -0.25) is 9.59 Å². The highest BCUT2D eigenvalue weighted by Crippen LogP contribution is 2.28. The van der Waals surface area contributed by atoms with Crippen molar-refractivity contribution in [3.05, 3.63) is 59.7 Å². The molecule has 1 unspecified atom stereocenters. The van der Waals surface area contributed by atoms with E-state index in [9.17, 15) is 9.59 Å². The highest BCUT2D eigenvalue weighted by atomic mass is 32.2. The molecule has 30 heavy (non-hydrogen) atoms. The predicted octanol–water partition coefficient (Wildman–Crippen LogP) is 4.99. The van der Waals surface area contributed by atoms with E-state index in [1.54, 1.807) is 24.3 Å². The molecule has 0 fully saturated rings. The molecule has 1 N–H and O–H groups in total. The third-order valence-electron chi connectivity index (χ3n) is 4.65. The number of aromatic nitrogens is 3. The molecule has 2 aromatic carbocycles. The third-order valence-corrected chi connectivity index (χ3v) is 5.73. The second-order valence-corrected chi connectivity index (χ2v) is 8.52. The summed E-state index contributed by atoms with van der Waals surface area (Å²) in [5.74, 6) is 0.686. The molecule has 0 aliphatic heterocycles. The fourth-order valence-corrected chi connectivity index (χ4v) is 3.92. The van der Waals surface area contributed by atoms with Gasteiger partial charge in [-0.1, -0.05) is 42.4 Å². The Morgan fingerprint density at radius 1 is 1.13 bits per heavy atom. The van der Waals surface area contributed by atoms with Crippen LogP contribution in [0.4, 0.5) is 5.69 Å². The average Bonchev–Trinajstić information content (AvgIpc) is 3.11. The van der Waals surface area contributed by atoms with Gasteiger partial charge in [-0.05, 0) is 57.5 Å². The molecule has 0 saturated heterocycles. The van der Waals surface area contributed by atoms with Crippen molar-refractivity contribution in [3.8, 4) is 11.4 Å². The summed E-state index contributed by atoms with van der Waals surface area (Å²) in [6.45, 7) is 8.30. The van der Waals surface area contributed by atoms with Crippen LogP contribution in [0.2, 0.25) is 0 Å². The molecular formula is C23H26N4O2S. The van der Waals surface area contributed by atoms with Gasteiger partial charge in [0.15, 0.2) is 16.8 Å². The lowest BCUT2D eigenvalue weighted by molar-refractivity contribution is -0.115. The molecule has 0 aliphatic carbocycles. The minimum absolute atomic E-state index is 0.00326. The Kier molecular flexibility index (Phi) is 7.05. The Balaban J connectivity index is 1.74. The number of hydrogen-bond acceptors (Lipinski definition) is 5. The highest BCUT2D eigenvalue weighted by Gasteiger charge is 2.21. The van der Waals surface area contributed by atoms with E-state index >= 15 is 0 Å². The van der Waals surface area contributed by atoms with Crippen LogP contribution >= 0.6 is 11.8 Å². The zero-order chi connectivity index (χ0) is 21.7. The summed E-state index contributed by atoms with van der Waals surface area (Å²) in [5, 5.41) is 12.0. The van der Waals surface area contributed by atoms with Crippen molar-refractivity contribution in [3.63, 3.8) is 0 Å². The van der Waals surface area contributed by atoms with Crippen molar-refractivity contribution in [1.82, 2.24) is 14.8 Å². The molecule has 3 aromatic rings. The van der Waals surface area contributed by atoms with E-state index < -0.39 is 0 Å². The number of ketones is 1. The molecule has 1 atom stereocenters. The molecular weight excluding hydrogens is 396 g/mol. The number of nitrogens with one attached hydrogen (secondary N) is 1. The molecule has 0 aliphatic rings. The molecule has 1 heterocycles. The Hall–Kier alpha value is -2.93. The van der Waals surface area contributed by atoms with Crippen molar-refractivity contribution in [2.75, 3.05) is 5.32 Å². The molecule has 6 nitrogen and oxygen atoms in total. The quantitative estimate of drug-likeness (QED) is 0.409. The maximum absolute atomic E-state index is 12.7. The van der Waals surface area contributed by atoms with Gasteiger partial charge in [-0.15, -0.1) is 10.2 Å². The lowest BCUT2D eigenvalue weighted by Crippen LogP contribution is -2.23. The first kappa shape index (κ1) is 21.8. The molecule has 0 saturated carbocycles. The maximum atomic E-state index is 12.7. The smallest absolute Gasteiger partial charge is 0.237 e. The number of amides is 1. The normalized spacial score (nSPS) is 11.9. The van der Waals surface area contributed by atoms with Gasteiger partial charge in [-0.2, -0.15) is 0 Å². The fourth-order valence-electron chi connectivity index (χ4n) is 3.04. The number of aryl methyl sites for hydroxylation is 1. The van der Waals surface area contributed by atoms with E-state index in [1.165, 1.54) is 18.7 Å². The topological polar surface area (TPSA) is 76.9 Å². The average molecular weight is 423 g/mol. The summed E-state index contributed by atoms with van der Waals surface area (Å²) >= 11 is 1.39. The zero-order valence-electron chi connectivity index (χ0n) is 17.7. The summed E-state index contributed by atoms with van der Waals surface area (Å²) in [4.78, 5) is 24.1. The van der Waals surface area contributed by atoms with Crippen LogP contribution in [0, 0.1) is 6.92 Å². The molecule has 3 rings (SSSR count). The van der Waals surface area contributed by atoms with Crippen LogP contribution in [0.5, 0.6) is 0 Å². The number of hydrogen-bond donors (Lipinski definition) is 1. The molecule has 156 valence electrons. The Morgan fingerprint density at radius 2 is 1.87 bits per heavy atom. The van der Waals surface area contributed by atoms with E-state index in [1.807, 2.05) is 19.1 Å².